The lowest BCUT2D eigenvalue weighted by molar-refractivity contribution is -0.118. The summed E-state index contributed by atoms with van der Waals surface area (Å²) < 4.78 is 103. The molecule has 0 saturated carbocycles. The number of alkyl halides is 3. The predicted molar refractivity (Wildman–Crippen MR) is 106 cm³/mol. The van der Waals surface area contributed by atoms with Crippen LogP contribution < -0.4 is 14.2 Å². The van der Waals surface area contributed by atoms with Crippen molar-refractivity contribution in [3.05, 3.63) is 29.6 Å². The molecule has 2 rings (SSSR count). The molecule has 1 aromatic rings. The number of benzene rings is 1. The second kappa shape index (κ2) is 10.6. The molecular formula is C17H21F4N3O7S2. The Hall–Kier alpha value is -2.46. The largest absolute Gasteiger partial charge is 0.534 e. The molecule has 33 heavy (non-hydrogen) atoms. The van der Waals surface area contributed by atoms with Crippen LogP contribution in [-0.4, -0.2) is 64.6 Å². The molecule has 1 aliphatic rings. The summed E-state index contributed by atoms with van der Waals surface area (Å²) in [5.41, 5.74) is -5.59. The molecule has 16 heteroatoms. The monoisotopic (exact) mass is 519 g/mol. The van der Waals surface area contributed by atoms with E-state index in [9.17, 15) is 44.0 Å². The van der Waals surface area contributed by atoms with Crippen LogP contribution in [0.15, 0.2) is 18.2 Å². The van der Waals surface area contributed by atoms with E-state index >= 15 is 0 Å². The number of sulfonamides is 1. The van der Waals surface area contributed by atoms with E-state index in [1.54, 1.807) is 0 Å². The van der Waals surface area contributed by atoms with Crippen molar-refractivity contribution in [2.75, 3.05) is 25.4 Å². The molecule has 10 nitrogen and oxygen atoms in total. The average Bonchev–Trinajstić information content (AvgIpc) is 3.00. The fraction of sp³-hybridized carbons (Fsp3) is 0.529. The second-order valence-electron chi connectivity index (χ2n) is 7.05. The second-order valence-corrected chi connectivity index (χ2v) is 10.5. The summed E-state index contributed by atoms with van der Waals surface area (Å²) >= 11 is 0. The van der Waals surface area contributed by atoms with Crippen LogP contribution in [0.25, 0.3) is 0 Å². The van der Waals surface area contributed by atoms with Crippen LogP contribution in [0.2, 0.25) is 0 Å². The average molecular weight is 519 g/mol. The maximum atomic E-state index is 13.6. The van der Waals surface area contributed by atoms with E-state index in [0.717, 1.165) is 12.1 Å². The number of urea groups is 1. The molecule has 1 saturated heterocycles. The van der Waals surface area contributed by atoms with Gasteiger partial charge in [0.05, 0.1) is 5.75 Å². The molecule has 0 unspecified atom stereocenters. The van der Waals surface area contributed by atoms with Crippen LogP contribution in [0.5, 0.6) is 5.75 Å². The number of hydrogen-bond acceptors (Lipinski definition) is 7. The quantitative estimate of drug-likeness (QED) is 0.139. The van der Waals surface area contributed by atoms with Crippen LogP contribution >= 0.6 is 0 Å². The van der Waals surface area contributed by atoms with E-state index in [2.05, 4.69) is 14.2 Å². The minimum absolute atomic E-state index is 0.0308. The van der Waals surface area contributed by atoms with Gasteiger partial charge < -0.3 is 9.08 Å². The highest BCUT2D eigenvalue weighted by atomic mass is 32.2. The third-order valence-corrected chi connectivity index (χ3v) is 6.86. The topological polar surface area (TPSA) is 139 Å². The number of amides is 3. The van der Waals surface area contributed by atoms with E-state index in [1.165, 1.54) is 4.90 Å². The van der Waals surface area contributed by atoms with E-state index < -0.39 is 49.2 Å². The zero-order valence-electron chi connectivity index (χ0n) is 17.0. The Labute approximate surface area is 187 Å². The van der Waals surface area contributed by atoms with Gasteiger partial charge in [0.1, 0.15) is 6.54 Å². The smallest absolute Gasteiger partial charge is 0.373 e. The third kappa shape index (κ3) is 8.12. The maximum Gasteiger partial charge on any atom is 0.534 e. The Morgan fingerprint density at radius 1 is 1.09 bits per heavy atom. The van der Waals surface area contributed by atoms with Crippen molar-refractivity contribution in [1.29, 1.82) is 0 Å². The first-order valence-electron chi connectivity index (χ1n) is 9.55. The zero-order valence-corrected chi connectivity index (χ0v) is 18.7. The molecule has 2 N–H and O–H groups in total. The molecule has 0 radical (unpaired) electrons. The summed E-state index contributed by atoms with van der Waals surface area (Å²) in [7, 11) is -9.74. The highest BCUT2D eigenvalue weighted by Gasteiger charge is 2.48. The van der Waals surface area contributed by atoms with Gasteiger partial charge in [-0.3, -0.25) is 10.1 Å². The number of nitrogens with one attached hydrogen (secondary N) is 2. The first-order chi connectivity index (χ1) is 15.2. The molecule has 1 heterocycles. The number of carbonyl (C=O) groups is 2. The molecule has 186 valence electrons. The lowest BCUT2D eigenvalue weighted by Gasteiger charge is -2.13. The summed E-state index contributed by atoms with van der Waals surface area (Å²) in [4.78, 5) is 23.8. The molecule has 1 aliphatic heterocycles. The number of hydrogen-bond donors (Lipinski definition) is 2. The molecule has 0 atom stereocenters. The standard InChI is InChI=1S/C17H21F4N3O7S2/c18-13-5-4-12(10-14(13)31-33(29,30)17(19,20)21)6-7-22-32(27,28)9-3-1-2-8-24-11-15(25)23-16(24)26/h4-5,10,22H,1-3,6-9,11H2,(H,23,25,26). The molecule has 3 amide bonds. The summed E-state index contributed by atoms with van der Waals surface area (Å²) in [5.74, 6) is -3.10. The SMILES string of the molecule is O=C1CN(CCCCCS(=O)(=O)NCCc2ccc(F)c(OS(=O)(=O)C(F)(F)F)c2)C(=O)N1. The van der Waals surface area contributed by atoms with Gasteiger partial charge in [-0.15, -0.1) is 0 Å². The van der Waals surface area contributed by atoms with Crippen molar-refractivity contribution in [2.24, 2.45) is 0 Å². The van der Waals surface area contributed by atoms with Crippen molar-refractivity contribution in [1.82, 2.24) is 14.9 Å². The summed E-state index contributed by atoms with van der Waals surface area (Å²) in [6.07, 6.45) is 1.18. The minimum atomic E-state index is -6.05. The fourth-order valence-corrected chi connectivity index (χ4v) is 4.39. The summed E-state index contributed by atoms with van der Waals surface area (Å²) in [6, 6.07) is 2.11. The van der Waals surface area contributed by atoms with Crippen molar-refractivity contribution in [2.45, 2.75) is 31.2 Å². The van der Waals surface area contributed by atoms with Gasteiger partial charge in [-0.05, 0) is 37.0 Å². The Balaban J connectivity index is 1.77. The van der Waals surface area contributed by atoms with Crippen LogP contribution in [0.1, 0.15) is 24.8 Å². The van der Waals surface area contributed by atoms with Gasteiger partial charge in [-0.2, -0.15) is 21.6 Å². The first kappa shape index (κ1) is 26.8. The maximum absolute atomic E-state index is 13.6. The van der Waals surface area contributed by atoms with E-state index in [0.29, 0.717) is 25.5 Å². The predicted octanol–water partition coefficient (Wildman–Crippen LogP) is 1.24. The van der Waals surface area contributed by atoms with Crippen LogP contribution in [-0.2, 0) is 31.4 Å². The van der Waals surface area contributed by atoms with Gasteiger partial charge in [0, 0.05) is 13.1 Å². The van der Waals surface area contributed by atoms with Gasteiger partial charge in [0.25, 0.3) is 0 Å². The molecule has 0 bridgehead atoms. The van der Waals surface area contributed by atoms with Crippen molar-refractivity contribution in [3.8, 4) is 5.75 Å². The highest BCUT2D eigenvalue weighted by Crippen LogP contribution is 2.29. The van der Waals surface area contributed by atoms with Crippen molar-refractivity contribution < 1.29 is 48.2 Å². The van der Waals surface area contributed by atoms with Gasteiger partial charge in [-0.1, -0.05) is 12.5 Å². The number of carbonyl (C=O) groups excluding carboxylic acids is 2. The molecule has 0 spiro atoms. The Morgan fingerprint density at radius 3 is 2.39 bits per heavy atom. The van der Waals surface area contributed by atoms with Gasteiger partial charge >= 0.3 is 21.7 Å². The number of unbranched alkanes of at least 4 members (excludes halogenated alkanes) is 2. The van der Waals surface area contributed by atoms with Gasteiger partial charge in [0.15, 0.2) is 11.6 Å². The Bertz CT molecular complexity index is 1090. The van der Waals surface area contributed by atoms with Crippen molar-refractivity contribution >= 4 is 32.1 Å². The van der Waals surface area contributed by atoms with Crippen LogP contribution in [0.4, 0.5) is 22.4 Å². The van der Waals surface area contributed by atoms with Crippen LogP contribution in [0.3, 0.4) is 0 Å². The normalized spacial score (nSPS) is 15.1. The summed E-state index contributed by atoms with van der Waals surface area (Å²) in [5, 5.41) is 2.13. The molecule has 1 fully saturated rings. The van der Waals surface area contributed by atoms with Crippen molar-refractivity contribution in [3.63, 3.8) is 0 Å². The fourth-order valence-electron chi connectivity index (χ4n) is 2.79. The number of nitrogens with zero attached hydrogens (tertiary/aromatic N) is 1. The molecule has 0 aliphatic carbocycles. The molecule has 1 aromatic carbocycles. The van der Waals surface area contributed by atoms with E-state index in [1.807, 2.05) is 0 Å². The number of imide groups is 1. The van der Waals surface area contributed by atoms with E-state index in [-0.39, 0.29) is 37.2 Å². The number of rotatable bonds is 12. The lowest BCUT2D eigenvalue weighted by atomic mass is 10.1. The Kier molecular flexibility index (Phi) is 8.64. The minimum Gasteiger partial charge on any atom is -0.373 e. The molecular weight excluding hydrogens is 498 g/mol. The van der Waals surface area contributed by atoms with E-state index in [4.69, 9.17) is 0 Å². The third-order valence-electron chi connectivity index (χ3n) is 4.42. The molecule has 0 aromatic heterocycles. The van der Waals surface area contributed by atoms with Gasteiger partial charge in [-0.25, -0.2) is 22.3 Å². The summed E-state index contributed by atoms with van der Waals surface area (Å²) in [6.45, 7) is 0.108. The zero-order chi connectivity index (χ0) is 24.9. The Morgan fingerprint density at radius 2 is 1.79 bits per heavy atom. The first-order valence-corrected chi connectivity index (χ1v) is 12.6. The number of halogens is 4. The lowest BCUT2D eigenvalue weighted by Crippen LogP contribution is -2.30. The van der Waals surface area contributed by atoms with Crippen LogP contribution in [0, 0.1) is 5.82 Å². The van der Waals surface area contributed by atoms with Gasteiger partial charge in [0.2, 0.25) is 15.9 Å². The highest BCUT2D eigenvalue weighted by molar-refractivity contribution is 7.89.